The molecule has 0 spiro atoms. The SMILES string of the molecule is COCCC(NCC(O)c1ccccc1C)c1ccc(F)cc1. The van der Waals surface area contributed by atoms with Gasteiger partial charge in [0.1, 0.15) is 5.82 Å². The van der Waals surface area contributed by atoms with Crippen molar-refractivity contribution >= 4 is 0 Å². The summed E-state index contributed by atoms with van der Waals surface area (Å²) in [6, 6.07) is 14.3. The molecule has 3 nitrogen and oxygen atoms in total. The summed E-state index contributed by atoms with van der Waals surface area (Å²) in [6.45, 7) is 3.01. The summed E-state index contributed by atoms with van der Waals surface area (Å²) in [5.41, 5.74) is 2.97. The highest BCUT2D eigenvalue weighted by molar-refractivity contribution is 5.28. The summed E-state index contributed by atoms with van der Waals surface area (Å²) in [5, 5.41) is 13.8. The van der Waals surface area contributed by atoms with Crippen molar-refractivity contribution in [1.82, 2.24) is 5.32 Å². The van der Waals surface area contributed by atoms with Crippen LogP contribution in [0, 0.1) is 12.7 Å². The molecule has 0 saturated carbocycles. The molecule has 0 fully saturated rings. The van der Waals surface area contributed by atoms with E-state index >= 15 is 0 Å². The Hall–Kier alpha value is -1.75. The molecular formula is C19H24FNO2. The molecule has 2 atom stereocenters. The van der Waals surface area contributed by atoms with E-state index in [-0.39, 0.29) is 11.9 Å². The van der Waals surface area contributed by atoms with Gasteiger partial charge in [0.25, 0.3) is 0 Å². The van der Waals surface area contributed by atoms with Crippen LogP contribution in [0.4, 0.5) is 4.39 Å². The highest BCUT2D eigenvalue weighted by Crippen LogP contribution is 2.21. The van der Waals surface area contributed by atoms with E-state index in [4.69, 9.17) is 4.74 Å². The lowest BCUT2D eigenvalue weighted by molar-refractivity contribution is 0.155. The van der Waals surface area contributed by atoms with Crippen molar-refractivity contribution in [2.45, 2.75) is 25.5 Å². The number of halogens is 1. The fraction of sp³-hybridized carbons (Fsp3) is 0.368. The van der Waals surface area contributed by atoms with Crippen molar-refractivity contribution in [3.63, 3.8) is 0 Å². The Labute approximate surface area is 137 Å². The van der Waals surface area contributed by atoms with Crippen molar-refractivity contribution in [3.8, 4) is 0 Å². The Bertz CT molecular complexity index is 601. The van der Waals surface area contributed by atoms with Gasteiger partial charge in [0.05, 0.1) is 6.10 Å². The number of methoxy groups -OCH3 is 1. The van der Waals surface area contributed by atoms with Crippen molar-refractivity contribution < 1.29 is 14.2 Å². The lowest BCUT2D eigenvalue weighted by Gasteiger charge is -2.22. The first-order valence-electron chi connectivity index (χ1n) is 7.83. The fourth-order valence-corrected chi connectivity index (χ4v) is 2.64. The molecule has 0 aliphatic carbocycles. The van der Waals surface area contributed by atoms with Crippen molar-refractivity contribution in [2.75, 3.05) is 20.3 Å². The fourth-order valence-electron chi connectivity index (χ4n) is 2.64. The number of ether oxygens (including phenoxy) is 1. The Kier molecular flexibility index (Phi) is 6.71. The van der Waals surface area contributed by atoms with Gasteiger partial charge in [-0.15, -0.1) is 0 Å². The van der Waals surface area contributed by atoms with Gasteiger partial charge in [-0.3, -0.25) is 0 Å². The molecule has 0 bridgehead atoms. The van der Waals surface area contributed by atoms with Gasteiger partial charge >= 0.3 is 0 Å². The largest absolute Gasteiger partial charge is 0.387 e. The number of aliphatic hydroxyl groups is 1. The van der Waals surface area contributed by atoms with Crippen LogP contribution in [-0.2, 0) is 4.74 Å². The van der Waals surface area contributed by atoms with Gasteiger partial charge in [-0.25, -0.2) is 4.39 Å². The molecule has 23 heavy (non-hydrogen) atoms. The van der Waals surface area contributed by atoms with Gasteiger partial charge < -0.3 is 15.2 Å². The quantitative estimate of drug-likeness (QED) is 0.782. The predicted octanol–water partition coefficient (Wildman–Crippen LogP) is 3.53. The minimum absolute atomic E-state index is 0.00854. The average molecular weight is 317 g/mol. The summed E-state index contributed by atoms with van der Waals surface area (Å²) < 4.78 is 18.2. The number of hydrogen-bond donors (Lipinski definition) is 2. The molecule has 0 aliphatic rings. The van der Waals surface area contributed by atoms with E-state index < -0.39 is 6.10 Å². The monoisotopic (exact) mass is 317 g/mol. The van der Waals surface area contributed by atoms with Crippen LogP contribution in [-0.4, -0.2) is 25.4 Å². The first kappa shape index (κ1) is 17.6. The molecule has 4 heteroatoms. The summed E-state index contributed by atoms with van der Waals surface area (Å²) in [7, 11) is 1.66. The minimum Gasteiger partial charge on any atom is -0.387 e. The molecule has 0 aliphatic heterocycles. The Morgan fingerprint density at radius 3 is 2.48 bits per heavy atom. The molecule has 2 aromatic rings. The average Bonchev–Trinajstić information content (AvgIpc) is 2.56. The zero-order chi connectivity index (χ0) is 16.7. The first-order chi connectivity index (χ1) is 11.1. The van der Waals surface area contributed by atoms with Gasteiger partial charge in [-0.05, 0) is 42.2 Å². The number of benzene rings is 2. The second-order valence-electron chi connectivity index (χ2n) is 5.67. The van der Waals surface area contributed by atoms with Crippen LogP contribution in [0.15, 0.2) is 48.5 Å². The molecule has 2 unspecified atom stereocenters. The van der Waals surface area contributed by atoms with Gasteiger partial charge in [0, 0.05) is 26.3 Å². The number of nitrogens with one attached hydrogen (secondary N) is 1. The van der Waals surface area contributed by atoms with E-state index in [1.807, 2.05) is 31.2 Å². The van der Waals surface area contributed by atoms with Crippen molar-refractivity contribution in [2.24, 2.45) is 0 Å². The smallest absolute Gasteiger partial charge is 0.123 e. The maximum Gasteiger partial charge on any atom is 0.123 e. The highest BCUT2D eigenvalue weighted by Gasteiger charge is 2.15. The topological polar surface area (TPSA) is 41.5 Å². The molecule has 2 aromatic carbocycles. The second kappa shape index (κ2) is 8.77. The number of aryl methyl sites for hydroxylation is 1. The normalized spacial score (nSPS) is 13.7. The molecule has 0 heterocycles. The van der Waals surface area contributed by atoms with E-state index in [9.17, 15) is 9.50 Å². The summed E-state index contributed by atoms with van der Waals surface area (Å²) >= 11 is 0. The van der Waals surface area contributed by atoms with Crippen LogP contribution in [0.5, 0.6) is 0 Å². The lowest BCUT2D eigenvalue weighted by atomic mass is 10.0. The van der Waals surface area contributed by atoms with Crippen LogP contribution in [0.25, 0.3) is 0 Å². The van der Waals surface area contributed by atoms with Gasteiger partial charge in [-0.1, -0.05) is 36.4 Å². The van der Waals surface area contributed by atoms with Gasteiger partial charge in [-0.2, -0.15) is 0 Å². The maximum absolute atomic E-state index is 13.1. The summed E-state index contributed by atoms with van der Waals surface area (Å²) in [6.07, 6.45) is 0.171. The van der Waals surface area contributed by atoms with Gasteiger partial charge in [0.15, 0.2) is 0 Å². The third-order valence-corrected chi connectivity index (χ3v) is 3.99. The Morgan fingerprint density at radius 2 is 1.83 bits per heavy atom. The molecule has 0 amide bonds. The molecular weight excluding hydrogens is 293 g/mol. The van der Waals surface area contributed by atoms with Crippen LogP contribution < -0.4 is 5.32 Å². The van der Waals surface area contributed by atoms with Gasteiger partial charge in [0.2, 0.25) is 0 Å². The number of hydrogen-bond acceptors (Lipinski definition) is 3. The van der Waals surface area contributed by atoms with E-state index in [0.717, 1.165) is 23.1 Å². The number of aliphatic hydroxyl groups excluding tert-OH is 1. The zero-order valence-corrected chi connectivity index (χ0v) is 13.6. The zero-order valence-electron chi connectivity index (χ0n) is 13.6. The van der Waals surface area contributed by atoms with E-state index in [0.29, 0.717) is 13.2 Å². The standard InChI is InChI=1S/C19H24FNO2/c1-14-5-3-4-6-17(14)19(22)13-21-18(11-12-23-2)15-7-9-16(20)10-8-15/h3-10,18-19,21-22H,11-13H2,1-2H3. The highest BCUT2D eigenvalue weighted by atomic mass is 19.1. The molecule has 2 N–H and O–H groups in total. The Balaban J connectivity index is 2.03. The lowest BCUT2D eigenvalue weighted by Crippen LogP contribution is -2.27. The van der Waals surface area contributed by atoms with Crippen molar-refractivity contribution in [1.29, 1.82) is 0 Å². The summed E-state index contributed by atoms with van der Waals surface area (Å²) in [5.74, 6) is -0.251. The van der Waals surface area contributed by atoms with Crippen LogP contribution in [0.2, 0.25) is 0 Å². The van der Waals surface area contributed by atoms with Crippen molar-refractivity contribution in [3.05, 3.63) is 71.0 Å². The number of rotatable bonds is 8. The second-order valence-corrected chi connectivity index (χ2v) is 5.67. The molecule has 124 valence electrons. The molecule has 0 aromatic heterocycles. The van der Waals surface area contributed by atoms with Crippen LogP contribution >= 0.6 is 0 Å². The molecule has 0 radical (unpaired) electrons. The third kappa shape index (κ3) is 5.13. The van der Waals surface area contributed by atoms with E-state index in [1.165, 1.54) is 12.1 Å². The Morgan fingerprint density at radius 1 is 1.13 bits per heavy atom. The van der Waals surface area contributed by atoms with E-state index in [1.54, 1.807) is 19.2 Å². The molecule has 0 saturated heterocycles. The van der Waals surface area contributed by atoms with E-state index in [2.05, 4.69) is 5.32 Å². The predicted molar refractivity (Wildman–Crippen MR) is 89.8 cm³/mol. The third-order valence-electron chi connectivity index (χ3n) is 3.99. The maximum atomic E-state index is 13.1. The molecule has 2 rings (SSSR count). The van der Waals surface area contributed by atoms with Crippen LogP contribution in [0.3, 0.4) is 0 Å². The first-order valence-corrected chi connectivity index (χ1v) is 7.83. The van der Waals surface area contributed by atoms with Crippen LogP contribution in [0.1, 0.15) is 35.3 Å². The summed E-state index contributed by atoms with van der Waals surface area (Å²) in [4.78, 5) is 0. The minimum atomic E-state index is -0.582.